The molecule has 0 spiro atoms. The first-order valence-corrected chi connectivity index (χ1v) is 6.44. The van der Waals surface area contributed by atoms with E-state index in [9.17, 15) is 0 Å². The van der Waals surface area contributed by atoms with Gasteiger partial charge in [0.2, 0.25) is 0 Å². The van der Waals surface area contributed by atoms with Crippen LogP contribution in [-0.2, 0) is 0 Å². The van der Waals surface area contributed by atoms with Crippen molar-refractivity contribution in [2.75, 3.05) is 17.7 Å². The van der Waals surface area contributed by atoms with Gasteiger partial charge in [0.15, 0.2) is 0 Å². The summed E-state index contributed by atoms with van der Waals surface area (Å²) in [5.41, 5.74) is 12.6. The molecule has 0 unspecified atom stereocenters. The van der Waals surface area contributed by atoms with E-state index in [1.54, 1.807) is 6.20 Å². The number of pyridine rings is 1. The Morgan fingerprint density at radius 2 is 1.53 bits per heavy atom. The third-order valence-electron chi connectivity index (χ3n) is 3.36. The number of nitrogen functional groups attached to an aromatic ring is 1. The maximum atomic E-state index is 5.76. The van der Waals surface area contributed by atoms with Crippen molar-refractivity contribution >= 4 is 17.2 Å². The second-order valence-electron chi connectivity index (χ2n) is 5.22. The summed E-state index contributed by atoms with van der Waals surface area (Å²) in [6.07, 6.45) is 1.71. The number of hydrogen-bond donors (Lipinski definition) is 1. The lowest BCUT2D eigenvalue weighted by Gasteiger charge is -2.24. The van der Waals surface area contributed by atoms with Gasteiger partial charge in [-0.3, -0.25) is 0 Å². The standard InChI is InChI=1S/C16H21N3/c1-10-6-11(2)15(12(3)7-10)19(5)16-13(4)8-14(17)9-18-16/h6-9H,17H2,1-5H3. The second kappa shape index (κ2) is 4.92. The van der Waals surface area contributed by atoms with E-state index in [0.29, 0.717) is 5.69 Å². The molecule has 3 nitrogen and oxygen atoms in total. The Morgan fingerprint density at radius 3 is 2.05 bits per heavy atom. The fraction of sp³-hybridized carbons (Fsp3) is 0.312. The molecule has 1 aromatic carbocycles. The summed E-state index contributed by atoms with van der Waals surface area (Å²) in [5.74, 6) is 0.948. The van der Waals surface area contributed by atoms with E-state index in [0.717, 1.165) is 11.4 Å². The smallest absolute Gasteiger partial charge is 0.135 e. The van der Waals surface area contributed by atoms with Gasteiger partial charge < -0.3 is 10.6 Å². The molecule has 19 heavy (non-hydrogen) atoms. The van der Waals surface area contributed by atoms with Crippen LogP contribution in [0, 0.1) is 27.7 Å². The zero-order valence-corrected chi connectivity index (χ0v) is 12.3. The van der Waals surface area contributed by atoms with Crippen LogP contribution < -0.4 is 10.6 Å². The monoisotopic (exact) mass is 255 g/mol. The Hall–Kier alpha value is -2.03. The average molecular weight is 255 g/mol. The quantitative estimate of drug-likeness (QED) is 0.890. The second-order valence-corrected chi connectivity index (χ2v) is 5.22. The number of aryl methyl sites for hydroxylation is 4. The van der Waals surface area contributed by atoms with Gasteiger partial charge in [-0.05, 0) is 50.5 Å². The largest absolute Gasteiger partial charge is 0.397 e. The summed E-state index contributed by atoms with van der Waals surface area (Å²) in [6.45, 7) is 8.43. The van der Waals surface area contributed by atoms with Gasteiger partial charge in [0.05, 0.1) is 11.9 Å². The van der Waals surface area contributed by atoms with E-state index < -0.39 is 0 Å². The number of hydrogen-bond acceptors (Lipinski definition) is 3. The van der Waals surface area contributed by atoms with Crippen LogP contribution in [0.3, 0.4) is 0 Å². The summed E-state index contributed by atoms with van der Waals surface area (Å²) < 4.78 is 0. The molecule has 0 aliphatic heterocycles. The first-order valence-electron chi connectivity index (χ1n) is 6.44. The SMILES string of the molecule is Cc1cc(C)c(N(C)c2ncc(N)cc2C)c(C)c1. The molecule has 0 fully saturated rings. The van der Waals surface area contributed by atoms with Gasteiger partial charge in [0, 0.05) is 12.7 Å². The van der Waals surface area contributed by atoms with Gasteiger partial charge in [-0.25, -0.2) is 4.98 Å². The summed E-state index contributed by atoms with van der Waals surface area (Å²) in [7, 11) is 2.05. The molecule has 0 amide bonds. The lowest BCUT2D eigenvalue weighted by molar-refractivity contribution is 1.08. The highest BCUT2D eigenvalue weighted by Crippen LogP contribution is 2.31. The normalized spacial score (nSPS) is 10.6. The Morgan fingerprint density at radius 1 is 0.947 bits per heavy atom. The molecule has 0 saturated carbocycles. The Bertz CT molecular complexity index is 594. The minimum atomic E-state index is 0.701. The van der Waals surface area contributed by atoms with E-state index in [2.05, 4.69) is 49.8 Å². The van der Waals surface area contributed by atoms with E-state index in [4.69, 9.17) is 5.73 Å². The molecule has 0 aliphatic carbocycles. The zero-order valence-electron chi connectivity index (χ0n) is 12.3. The van der Waals surface area contributed by atoms with Gasteiger partial charge in [0.25, 0.3) is 0 Å². The fourth-order valence-corrected chi connectivity index (χ4v) is 2.75. The summed E-state index contributed by atoms with van der Waals surface area (Å²) in [4.78, 5) is 6.60. The van der Waals surface area contributed by atoms with Gasteiger partial charge in [-0.2, -0.15) is 0 Å². The number of nitrogens with zero attached hydrogens (tertiary/aromatic N) is 2. The van der Waals surface area contributed by atoms with Crippen molar-refractivity contribution in [1.29, 1.82) is 0 Å². The predicted octanol–water partition coefficient (Wildman–Crippen LogP) is 3.67. The van der Waals surface area contributed by atoms with Crippen molar-refractivity contribution in [1.82, 2.24) is 4.98 Å². The van der Waals surface area contributed by atoms with Gasteiger partial charge in [-0.1, -0.05) is 17.7 Å². The average Bonchev–Trinajstić information content (AvgIpc) is 2.26. The first-order chi connectivity index (χ1) is 8.90. The van der Waals surface area contributed by atoms with Crippen LogP contribution in [0.1, 0.15) is 22.3 Å². The fourth-order valence-electron chi connectivity index (χ4n) is 2.75. The van der Waals surface area contributed by atoms with Crippen molar-refractivity contribution in [3.05, 3.63) is 46.6 Å². The van der Waals surface area contributed by atoms with Gasteiger partial charge >= 0.3 is 0 Å². The molecule has 2 rings (SSSR count). The summed E-state index contributed by atoms with van der Waals surface area (Å²) >= 11 is 0. The number of rotatable bonds is 2. The van der Waals surface area contributed by atoms with Crippen LogP contribution in [0.25, 0.3) is 0 Å². The molecule has 1 heterocycles. The van der Waals surface area contributed by atoms with Crippen molar-refractivity contribution in [2.45, 2.75) is 27.7 Å². The van der Waals surface area contributed by atoms with Crippen LogP contribution >= 0.6 is 0 Å². The highest BCUT2D eigenvalue weighted by Gasteiger charge is 2.13. The van der Waals surface area contributed by atoms with E-state index in [1.807, 2.05) is 13.0 Å². The lowest BCUT2D eigenvalue weighted by atomic mass is 10.0. The molecule has 0 saturated heterocycles. The van der Waals surface area contributed by atoms with Crippen LogP contribution in [0.4, 0.5) is 17.2 Å². The van der Waals surface area contributed by atoms with E-state index in [-0.39, 0.29) is 0 Å². The van der Waals surface area contributed by atoms with Crippen molar-refractivity contribution in [3.63, 3.8) is 0 Å². The molecule has 0 radical (unpaired) electrons. The molecular weight excluding hydrogens is 234 g/mol. The molecule has 0 bridgehead atoms. The topological polar surface area (TPSA) is 42.2 Å². The van der Waals surface area contributed by atoms with Crippen LogP contribution in [0.15, 0.2) is 24.4 Å². The highest BCUT2D eigenvalue weighted by atomic mass is 15.2. The number of anilines is 3. The Balaban J connectivity index is 2.53. The van der Waals surface area contributed by atoms with Gasteiger partial charge in [0.1, 0.15) is 5.82 Å². The zero-order chi connectivity index (χ0) is 14.2. The van der Waals surface area contributed by atoms with E-state index in [1.165, 1.54) is 22.4 Å². The third-order valence-corrected chi connectivity index (χ3v) is 3.36. The van der Waals surface area contributed by atoms with Crippen LogP contribution in [0.2, 0.25) is 0 Å². The van der Waals surface area contributed by atoms with Crippen molar-refractivity contribution in [2.24, 2.45) is 0 Å². The first kappa shape index (κ1) is 13.4. The molecule has 0 atom stereocenters. The van der Waals surface area contributed by atoms with Gasteiger partial charge in [-0.15, -0.1) is 0 Å². The lowest BCUT2D eigenvalue weighted by Crippen LogP contribution is -2.15. The molecule has 3 heteroatoms. The molecule has 0 aliphatic rings. The number of benzene rings is 1. The molecule has 2 aromatic rings. The van der Waals surface area contributed by atoms with E-state index >= 15 is 0 Å². The van der Waals surface area contributed by atoms with Crippen molar-refractivity contribution < 1.29 is 0 Å². The minimum Gasteiger partial charge on any atom is -0.397 e. The number of aromatic nitrogens is 1. The van der Waals surface area contributed by atoms with Crippen LogP contribution in [0.5, 0.6) is 0 Å². The Kier molecular flexibility index (Phi) is 3.47. The van der Waals surface area contributed by atoms with Crippen molar-refractivity contribution in [3.8, 4) is 0 Å². The minimum absolute atomic E-state index is 0.701. The molecule has 1 aromatic heterocycles. The predicted molar refractivity (Wildman–Crippen MR) is 82.1 cm³/mol. The van der Waals surface area contributed by atoms with Crippen LogP contribution in [-0.4, -0.2) is 12.0 Å². The number of nitrogens with two attached hydrogens (primary N) is 1. The Labute approximate surface area is 115 Å². The highest BCUT2D eigenvalue weighted by molar-refractivity contribution is 5.69. The molecule has 2 N–H and O–H groups in total. The maximum Gasteiger partial charge on any atom is 0.135 e. The molecule has 100 valence electrons. The maximum absolute atomic E-state index is 5.76. The summed E-state index contributed by atoms with van der Waals surface area (Å²) in [6, 6.07) is 6.36. The third kappa shape index (κ3) is 2.55. The summed E-state index contributed by atoms with van der Waals surface area (Å²) in [5, 5.41) is 0. The molecular formula is C16H21N3.